The predicted molar refractivity (Wildman–Crippen MR) is 354 cm³/mol. The standard InChI is InChI=1S/C69H134O17P2/c1-59(2)45-37-29-21-16-13-11-9-10-12-14-18-25-35-43-51-68(73)85-64(55-80-67(72)50-42-34-26-20-23-31-39-47-61(5)6)57-83-87(75,76)81-53-63(70)54-82-88(77,78)84-58-65(86-69(74)52-44-36-28-27-32-40-48-62(7)8)56-79-66(71)49-41-33-24-19-15-17-22-30-38-46-60(3)4/h59-65,70H,9-58H2,1-8H3,(H,75,76)(H,77,78)/t63?,64-,65-/m1/s1. The van der Waals surface area contributed by atoms with E-state index in [1.54, 1.807) is 0 Å². The van der Waals surface area contributed by atoms with Crippen LogP contribution >= 0.6 is 15.6 Å². The summed E-state index contributed by atoms with van der Waals surface area (Å²) in [4.78, 5) is 72.4. The molecule has 17 nitrogen and oxygen atoms in total. The Bertz CT molecular complexity index is 1750. The summed E-state index contributed by atoms with van der Waals surface area (Å²) in [6.45, 7) is 14.0. The molecule has 0 aromatic carbocycles. The quantitative estimate of drug-likeness (QED) is 0.0222. The molecule has 0 aliphatic rings. The van der Waals surface area contributed by atoms with Gasteiger partial charge in [-0.3, -0.25) is 37.3 Å². The van der Waals surface area contributed by atoms with E-state index in [0.29, 0.717) is 37.5 Å². The van der Waals surface area contributed by atoms with Crippen molar-refractivity contribution < 1.29 is 80.2 Å². The summed E-state index contributed by atoms with van der Waals surface area (Å²) >= 11 is 0. The number of unbranched alkanes of at least 4 members (excludes halogenated alkanes) is 32. The molecule has 19 heteroatoms. The zero-order valence-electron chi connectivity index (χ0n) is 57.3. The van der Waals surface area contributed by atoms with Crippen LogP contribution in [0.15, 0.2) is 0 Å². The molecule has 0 aliphatic heterocycles. The molecule has 3 unspecified atom stereocenters. The molecule has 0 spiro atoms. The highest BCUT2D eigenvalue weighted by molar-refractivity contribution is 7.47. The minimum atomic E-state index is -4.95. The maximum Gasteiger partial charge on any atom is 0.472 e. The minimum absolute atomic E-state index is 0.101. The summed E-state index contributed by atoms with van der Waals surface area (Å²) in [5.74, 6) is 0.778. The largest absolute Gasteiger partial charge is 0.472 e. The van der Waals surface area contributed by atoms with E-state index >= 15 is 0 Å². The molecule has 0 radical (unpaired) electrons. The van der Waals surface area contributed by atoms with Gasteiger partial charge in [0.1, 0.15) is 19.3 Å². The lowest BCUT2D eigenvalue weighted by Crippen LogP contribution is -2.30. The van der Waals surface area contributed by atoms with Gasteiger partial charge in [0.2, 0.25) is 0 Å². The molecule has 0 amide bonds. The lowest BCUT2D eigenvalue weighted by molar-refractivity contribution is -0.161. The van der Waals surface area contributed by atoms with Gasteiger partial charge in [-0.2, -0.15) is 0 Å². The van der Waals surface area contributed by atoms with Crippen molar-refractivity contribution in [3.63, 3.8) is 0 Å². The second-order valence-corrected chi connectivity index (χ2v) is 29.7. The number of aliphatic hydroxyl groups excluding tert-OH is 1. The molecule has 0 aromatic rings. The van der Waals surface area contributed by atoms with E-state index in [1.165, 1.54) is 135 Å². The van der Waals surface area contributed by atoms with E-state index in [4.69, 9.17) is 37.0 Å². The first-order valence-electron chi connectivity index (χ1n) is 35.7. The number of phosphoric ester groups is 2. The summed E-state index contributed by atoms with van der Waals surface area (Å²) in [5.41, 5.74) is 0. The van der Waals surface area contributed by atoms with Gasteiger partial charge in [-0.25, -0.2) is 9.13 Å². The van der Waals surface area contributed by atoms with Crippen molar-refractivity contribution in [2.24, 2.45) is 23.7 Å². The molecule has 0 rings (SSSR count). The summed E-state index contributed by atoms with van der Waals surface area (Å²) in [7, 11) is -9.90. The van der Waals surface area contributed by atoms with Crippen LogP contribution < -0.4 is 0 Å². The lowest BCUT2D eigenvalue weighted by Gasteiger charge is -2.21. The molecule has 0 fully saturated rings. The molecule has 0 saturated heterocycles. The maximum absolute atomic E-state index is 13.0. The second kappa shape index (κ2) is 58.8. The third-order valence-electron chi connectivity index (χ3n) is 15.8. The van der Waals surface area contributed by atoms with Crippen molar-refractivity contribution in [1.82, 2.24) is 0 Å². The number of ether oxygens (including phenoxy) is 4. The fraction of sp³-hybridized carbons (Fsp3) is 0.942. The molecular formula is C69H134O17P2. The molecule has 0 saturated carbocycles. The normalized spacial score (nSPS) is 14.3. The minimum Gasteiger partial charge on any atom is -0.462 e. The number of aliphatic hydroxyl groups is 1. The van der Waals surface area contributed by atoms with E-state index in [0.717, 1.165) is 108 Å². The van der Waals surface area contributed by atoms with E-state index in [9.17, 15) is 43.2 Å². The van der Waals surface area contributed by atoms with Crippen molar-refractivity contribution in [3.05, 3.63) is 0 Å². The average molecular weight is 1300 g/mol. The molecular weight excluding hydrogens is 1160 g/mol. The monoisotopic (exact) mass is 1300 g/mol. The van der Waals surface area contributed by atoms with Crippen LogP contribution in [0.4, 0.5) is 0 Å². The molecule has 0 heterocycles. The van der Waals surface area contributed by atoms with Crippen molar-refractivity contribution in [1.29, 1.82) is 0 Å². The molecule has 0 bridgehead atoms. The Morgan fingerprint density at radius 3 is 0.705 bits per heavy atom. The van der Waals surface area contributed by atoms with Gasteiger partial charge < -0.3 is 33.8 Å². The van der Waals surface area contributed by atoms with Crippen LogP contribution in [-0.4, -0.2) is 96.7 Å². The van der Waals surface area contributed by atoms with Crippen LogP contribution in [0.1, 0.15) is 338 Å². The van der Waals surface area contributed by atoms with Crippen molar-refractivity contribution in [2.45, 2.75) is 356 Å². The van der Waals surface area contributed by atoms with Crippen LogP contribution in [-0.2, 0) is 65.4 Å². The smallest absolute Gasteiger partial charge is 0.462 e. The van der Waals surface area contributed by atoms with E-state index in [-0.39, 0.29) is 25.7 Å². The van der Waals surface area contributed by atoms with Crippen molar-refractivity contribution in [2.75, 3.05) is 39.6 Å². The van der Waals surface area contributed by atoms with Gasteiger partial charge in [-0.15, -0.1) is 0 Å². The first-order chi connectivity index (χ1) is 42.1. The Balaban J connectivity index is 5.21. The van der Waals surface area contributed by atoms with E-state index in [2.05, 4.69) is 55.4 Å². The van der Waals surface area contributed by atoms with Crippen LogP contribution in [0.2, 0.25) is 0 Å². The van der Waals surface area contributed by atoms with E-state index < -0.39 is 97.5 Å². The van der Waals surface area contributed by atoms with Gasteiger partial charge in [0.25, 0.3) is 0 Å². The van der Waals surface area contributed by atoms with Crippen LogP contribution in [0.5, 0.6) is 0 Å². The summed E-state index contributed by atoms with van der Waals surface area (Å²) in [6.07, 6.45) is 40.6. The highest BCUT2D eigenvalue weighted by atomic mass is 31.2. The number of carbonyl (C=O) groups is 4. The third-order valence-corrected chi connectivity index (χ3v) is 17.7. The molecule has 522 valence electrons. The molecule has 5 atom stereocenters. The number of esters is 4. The fourth-order valence-corrected chi connectivity index (χ4v) is 11.9. The number of hydrogen-bond acceptors (Lipinski definition) is 15. The second-order valence-electron chi connectivity index (χ2n) is 26.8. The first kappa shape index (κ1) is 86.1. The third kappa shape index (κ3) is 62.8. The Morgan fingerprint density at radius 1 is 0.284 bits per heavy atom. The highest BCUT2D eigenvalue weighted by Gasteiger charge is 2.30. The molecule has 3 N–H and O–H groups in total. The number of hydrogen-bond donors (Lipinski definition) is 3. The van der Waals surface area contributed by atoms with Gasteiger partial charge in [-0.05, 0) is 49.4 Å². The van der Waals surface area contributed by atoms with Crippen molar-refractivity contribution in [3.8, 4) is 0 Å². The lowest BCUT2D eigenvalue weighted by atomic mass is 10.0. The summed E-state index contributed by atoms with van der Waals surface area (Å²) in [6, 6.07) is 0. The first-order valence-corrected chi connectivity index (χ1v) is 38.7. The topological polar surface area (TPSA) is 237 Å². The van der Waals surface area contributed by atoms with Crippen LogP contribution in [0.25, 0.3) is 0 Å². The average Bonchev–Trinajstić information content (AvgIpc) is 3.50. The summed E-state index contributed by atoms with van der Waals surface area (Å²) in [5, 5.41) is 10.6. The Labute approximate surface area is 537 Å². The van der Waals surface area contributed by atoms with Crippen molar-refractivity contribution >= 4 is 39.5 Å². The Hall–Kier alpha value is -1.94. The van der Waals surface area contributed by atoms with Gasteiger partial charge in [-0.1, -0.05) is 287 Å². The van der Waals surface area contributed by atoms with Gasteiger partial charge >= 0.3 is 39.5 Å². The number of rotatable bonds is 66. The van der Waals surface area contributed by atoms with Gasteiger partial charge in [0.05, 0.1) is 26.4 Å². The zero-order chi connectivity index (χ0) is 65.4. The fourth-order valence-electron chi connectivity index (χ4n) is 10.3. The number of phosphoric acid groups is 2. The maximum atomic E-state index is 13.0. The number of carbonyl (C=O) groups excluding carboxylic acids is 4. The van der Waals surface area contributed by atoms with E-state index in [1.807, 2.05) is 0 Å². The summed E-state index contributed by atoms with van der Waals surface area (Å²) < 4.78 is 68.2. The SMILES string of the molecule is CC(C)CCCCCCCCCCCCCCCCC(=O)O[C@H](COC(=O)CCCCCCCCCC(C)C)COP(=O)(O)OCC(O)COP(=O)(O)OC[C@@H](COC(=O)CCCCCCCCCCCC(C)C)OC(=O)CCCCCCCCC(C)C. The molecule has 88 heavy (non-hydrogen) atoms. The Morgan fingerprint density at radius 2 is 0.477 bits per heavy atom. The Kier molecular flexibility index (Phi) is 57.6. The van der Waals surface area contributed by atoms with Gasteiger partial charge in [0.15, 0.2) is 12.2 Å². The van der Waals surface area contributed by atoms with Crippen LogP contribution in [0.3, 0.4) is 0 Å². The predicted octanol–water partition coefficient (Wildman–Crippen LogP) is 19.3. The highest BCUT2D eigenvalue weighted by Crippen LogP contribution is 2.45. The molecule has 0 aliphatic carbocycles. The van der Waals surface area contributed by atoms with Crippen LogP contribution in [0, 0.1) is 23.7 Å². The van der Waals surface area contributed by atoms with Gasteiger partial charge in [0, 0.05) is 25.7 Å². The molecule has 0 aromatic heterocycles. The zero-order valence-corrected chi connectivity index (χ0v) is 59.1.